The molecular weight excluding hydrogens is 364 g/mol. The monoisotopic (exact) mass is 384 g/mol. The van der Waals surface area contributed by atoms with Gasteiger partial charge in [0.1, 0.15) is 11.8 Å². The summed E-state index contributed by atoms with van der Waals surface area (Å²) in [4.78, 5) is 16.7. The van der Waals surface area contributed by atoms with Gasteiger partial charge >= 0.3 is 0 Å². The highest BCUT2D eigenvalue weighted by atomic mass is 32.1. The van der Waals surface area contributed by atoms with E-state index in [1.54, 1.807) is 26.2 Å². The smallest absolute Gasteiger partial charge is 0.256 e. The number of carbonyl (C=O) groups excluding carboxylic acids is 1. The van der Waals surface area contributed by atoms with E-state index in [9.17, 15) is 4.79 Å². The van der Waals surface area contributed by atoms with E-state index in [4.69, 9.17) is 26.4 Å². The lowest BCUT2D eigenvalue weighted by Crippen LogP contribution is -2.40. The molecule has 1 saturated heterocycles. The molecule has 140 valence electrons. The van der Waals surface area contributed by atoms with E-state index in [2.05, 4.69) is 0 Å². The number of anilines is 1. The van der Waals surface area contributed by atoms with Gasteiger partial charge < -0.3 is 19.1 Å². The minimum Gasteiger partial charge on any atom is -0.495 e. The average Bonchev–Trinajstić information content (AvgIpc) is 2.94. The van der Waals surface area contributed by atoms with Crippen LogP contribution in [0.15, 0.2) is 36.4 Å². The van der Waals surface area contributed by atoms with Gasteiger partial charge in [0.15, 0.2) is 16.6 Å². The first-order valence-corrected chi connectivity index (χ1v) is 9.01. The normalized spacial score (nSPS) is 18.3. The second kappa shape index (κ2) is 6.74. The van der Waals surface area contributed by atoms with E-state index in [0.717, 1.165) is 11.1 Å². The quantitative estimate of drug-likeness (QED) is 0.756. The molecule has 4 rings (SSSR count). The van der Waals surface area contributed by atoms with Gasteiger partial charge in [0.25, 0.3) is 5.91 Å². The highest BCUT2D eigenvalue weighted by Gasteiger charge is 2.46. The molecule has 1 fully saturated rings. The molecule has 0 aromatic heterocycles. The zero-order valence-electron chi connectivity index (χ0n) is 15.4. The molecule has 7 heteroatoms. The van der Waals surface area contributed by atoms with Crippen molar-refractivity contribution < 1.29 is 19.0 Å². The van der Waals surface area contributed by atoms with Gasteiger partial charge in [0.2, 0.25) is 0 Å². The molecular formula is C20H20N2O4S. The molecule has 6 nitrogen and oxygen atoms in total. The minimum atomic E-state index is -0.326. The minimum absolute atomic E-state index is 0.0371. The topological polar surface area (TPSA) is 51.2 Å². The van der Waals surface area contributed by atoms with E-state index < -0.39 is 0 Å². The third-order valence-corrected chi connectivity index (χ3v) is 5.52. The van der Waals surface area contributed by atoms with Gasteiger partial charge in [0, 0.05) is 13.0 Å². The Morgan fingerprint density at radius 2 is 1.59 bits per heavy atom. The lowest BCUT2D eigenvalue weighted by molar-refractivity contribution is -0.120. The zero-order valence-corrected chi connectivity index (χ0v) is 16.2. The van der Waals surface area contributed by atoms with Gasteiger partial charge in [-0.2, -0.15) is 0 Å². The summed E-state index contributed by atoms with van der Waals surface area (Å²) in [6, 6.07) is 11.0. The van der Waals surface area contributed by atoms with Crippen molar-refractivity contribution in [3.63, 3.8) is 0 Å². The number of nitrogens with zero attached hydrogens (tertiary/aromatic N) is 2. The second-order valence-electron chi connectivity index (χ2n) is 6.45. The van der Waals surface area contributed by atoms with E-state index in [-0.39, 0.29) is 11.9 Å². The van der Waals surface area contributed by atoms with Gasteiger partial charge in [-0.05, 0) is 47.6 Å². The maximum absolute atomic E-state index is 13.2. The summed E-state index contributed by atoms with van der Waals surface area (Å²) in [5, 5.41) is 0.495. The molecule has 2 aliphatic heterocycles. The van der Waals surface area contributed by atoms with Crippen LogP contribution in [0.2, 0.25) is 0 Å². The molecule has 2 aliphatic rings. The van der Waals surface area contributed by atoms with E-state index in [1.807, 2.05) is 41.3 Å². The van der Waals surface area contributed by atoms with Crippen molar-refractivity contribution in [3.8, 4) is 17.2 Å². The molecule has 1 amide bonds. The molecule has 0 bridgehead atoms. The Kier molecular flexibility index (Phi) is 4.39. The predicted molar refractivity (Wildman–Crippen MR) is 106 cm³/mol. The number of fused-ring (bicyclic) bond motifs is 2. The third kappa shape index (κ3) is 2.70. The number of thiocarbonyl (C=S) groups is 1. The van der Waals surface area contributed by atoms with Crippen LogP contribution >= 0.6 is 12.2 Å². The van der Waals surface area contributed by atoms with Crippen LogP contribution in [-0.4, -0.2) is 43.3 Å². The molecule has 2 aromatic carbocycles. The number of methoxy groups -OCH3 is 3. The van der Waals surface area contributed by atoms with Crippen LogP contribution in [0.1, 0.15) is 11.1 Å². The van der Waals surface area contributed by atoms with Crippen molar-refractivity contribution in [2.45, 2.75) is 19.0 Å². The fraction of sp³-hybridized carbons (Fsp3) is 0.300. The number of hydrogen-bond donors (Lipinski definition) is 0. The van der Waals surface area contributed by atoms with Crippen LogP contribution in [0.3, 0.4) is 0 Å². The summed E-state index contributed by atoms with van der Waals surface area (Å²) in [7, 11) is 4.81. The summed E-state index contributed by atoms with van der Waals surface area (Å²) >= 11 is 5.66. The number of benzene rings is 2. The largest absolute Gasteiger partial charge is 0.495 e. The van der Waals surface area contributed by atoms with E-state index in [1.165, 1.54) is 0 Å². The van der Waals surface area contributed by atoms with Gasteiger partial charge in [-0.15, -0.1) is 0 Å². The number of carbonyl (C=O) groups is 1. The van der Waals surface area contributed by atoms with Crippen LogP contribution in [0, 0.1) is 0 Å². The molecule has 1 unspecified atom stereocenters. The summed E-state index contributed by atoms with van der Waals surface area (Å²) < 4.78 is 16.2. The van der Waals surface area contributed by atoms with Crippen molar-refractivity contribution in [2.75, 3.05) is 26.2 Å². The Hall–Kier alpha value is -2.80. The van der Waals surface area contributed by atoms with Crippen LogP contribution in [0.5, 0.6) is 17.2 Å². The Labute approximate surface area is 163 Å². The van der Waals surface area contributed by atoms with Crippen LogP contribution in [-0.2, 0) is 17.8 Å². The SMILES string of the molecule is COc1cc2c(cc1OC)CN1C(=S)N(c3ccccc3OC)C(=O)C1C2. The van der Waals surface area contributed by atoms with Crippen LogP contribution < -0.4 is 19.1 Å². The van der Waals surface area contributed by atoms with E-state index in [0.29, 0.717) is 41.0 Å². The molecule has 2 aromatic rings. The number of amides is 1. The summed E-state index contributed by atoms with van der Waals surface area (Å²) in [6.07, 6.45) is 0.570. The summed E-state index contributed by atoms with van der Waals surface area (Å²) in [6.45, 7) is 0.552. The zero-order chi connectivity index (χ0) is 19.1. The summed E-state index contributed by atoms with van der Waals surface area (Å²) in [5.41, 5.74) is 2.83. The first kappa shape index (κ1) is 17.6. The van der Waals surface area contributed by atoms with Crippen molar-refractivity contribution in [1.29, 1.82) is 0 Å². The molecule has 1 atom stereocenters. The Morgan fingerprint density at radius 3 is 2.26 bits per heavy atom. The van der Waals surface area contributed by atoms with Crippen molar-refractivity contribution >= 4 is 28.9 Å². The van der Waals surface area contributed by atoms with Crippen LogP contribution in [0.25, 0.3) is 0 Å². The second-order valence-corrected chi connectivity index (χ2v) is 6.82. The molecule has 0 spiro atoms. The molecule has 27 heavy (non-hydrogen) atoms. The number of rotatable bonds is 4. The summed E-state index contributed by atoms with van der Waals surface area (Å²) in [5.74, 6) is 1.92. The number of ether oxygens (including phenoxy) is 3. The molecule has 0 N–H and O–H groups in total. The predicted octanol–water partition coefficient (Wildman–Crippen LogP) is 2.77. The lowest BCUT2D eigenvalue weighted by Gasteiger charge is -2.31. The Balaban J connectivity index is 1.72. The fourth-order valence-electron chi connectivity index (χ4n) is 3.74. The fourth-order valence-corrected chi connectivity index (χ4v) is 4.12. The number of hydrogen-bond acceptors (Lipinski definition) is 5. The maximum atomic E-state index is 13.2. The van der Waals surface area contributed by atoms with E-state index >= 15 is 0 Å². The molecule has 0 radical (unpaired) electrons. The van der Waals surface area contributed by atoms with Gasteiger partial charge in [0.05, 0.1) is 27.0 Å². The standard InChI is InChI=1S/C20H20N2O4S/c1-24-16-7-5-4-6-14(16)22-19(23)15-8-12-9-17(25-2)18(26-3)10-13(12)11-21(15)20(22)27/h4-7,9-10,15H,8,11H2,1-3H3. The highest BCUT2D eigenvalue weighted by Crippen LogP contribution is 2.39. The van der Waals surface area contributed by atoms with Gasteiger partial charge in [-0.1, -0.05) is 12.1 Å². The number of para-hydroxylation sites is 2. The first-order valence-electron chi connectivity index (χ1n) is 8.60. The van der Waals surface area contributed by atoms with Crippen molar-refractivity contribution in [3.05, 3.63) is 47.5 Å². The molecule has 2 heterocycles. The highest BCUT2D eigenvalue weighted by molar-refractivity contribution is 7.80. The Bertz CT molecular complexity index is 879. The molecule has 0 saturated carbocycles. The van der Waals surface area contributed by atoms with Gasteiger partial charge in [-0.3, -0.25) is 9.69 Å². The maximum Gasteiger partial charge on any atom is 0.256 e. The van der Waals surface area contributed by atoms with Gasteiger partial charge in [-0.25, -0.2) is 0 Å². The third-order valence-electron chi connectivity index (χ3n) is 5.10. The molecule has 0 aliphatic carbocycles. The van der Waals surface area contributed by atoms with Crippen LogP contribution in [0.4, 0.5) is 5.69 Å². The average molecular weight is 384 g/mol. The Morgan fingerprint density at radius 1 is 0.963 bits per heavy atom. The van der Waals surface area contributed by atoms with Crippen molar-refractivity contribution in [1.82, 2.24) is 4.90 Å². The van der Waals surface area contributed by atoms with Crippen molar-refractivity contribution in [2.24, 2.45) is 0 Å². The lowest BCUT2D eigenvalue weighted by atomic mass is 9.94. The first-order chi connectivity index (χ1) is 13.1.